The van der Waals surface area contributed by atoms with E-state index in [0.717, 1.165) is 16.8 Å². The molecule has 1 aliphatic heterocycles. The van der Waals surface area contributed by atoms with Crippen LogP contribution in [-0.4, -0.2) is 39.8 Å². The van der Waals surface area contributed by atoms with Gasteiger partial charge in [-0.1, -0.05) is 0 Å². The van der Waals surface area contributed by atoms with Crippen molar-refractivity contribution in [3.05, 3.63) is 33.1 Å². The standard InChI is InChI=1S/C10H11F3N2O5/c11-10(12,13)19-4-6-5(16)3-8(20-6)15-2-1-7(17)14-9(15)18/h1-2,5-6,8,16H,3-4H2,(H,14,17,18)/t5?,6-,8-/m0/s1. The highest BCUT2D eigenvalue weighted by molar-refractivity contribution is 4.88. The van der Waals surface area contributed by atoms with Crippen molar-refractivity contribution < 1.29 is 27.8 Å². The second kappa shape index (κ2) is 5.38. The Morgan fingerprint density at radius 1 is 1.50 bits per heavy atom. The van der Waals surface area contributed by atoms with Gasteiger partial charge in [0.2, 0.25) is 0 Å². The maximum atomic E-state index is 11.9. The Labute approximate surface area is 109 Å². The van der Waals surface area contributed by atoms with Gasteiger partial charge in [-0.25, -0.2) is 4.79 Å². The summed E-state index contributed by atoms with van der Waals surface area (Å²) >= 11 is 0. The van der Waals surface area contributed by atoms with E-state index in [1.54, 1.807) is 0 Å². The fourth-order valence-corrected chi connectivity index (χ4v) is 1.87. The number of halogens is 3. The molecule has 7 nitrogen and oxygen atoms in total. The first-order valence-corrected chi connectivity index (χ1v) is 5.62. The van der Waals surface area contributed by atoms with Crippen molar-refractivity contribution in [1.29, 1.82) is 0 Å². The topological polar surface area (TPSA) is 93.6 Å². The molecule has 2 heterocycles. The number of rotatable bonds is 3. The highest BCUT2D eigenvalue weighted by Crippen LogP contribution is 2.29. The van der Waals surface area contributed by atoms with E-state index in [1.165, 1.54) is 0 Å². The number of ether oxygens (including phenoxy) is 2. The maximum absolute atomic E-state index is 11.9. The van der Waals surface area contributed by atoms with Gasteiger partial charge in [-0.2, -0.15) is 0 Å². The molecule has 1 saturated heterocycles. The van der Waals surface area contributed by atoms with Crippen molar-refractivity contribution in [3.8, 4) is 0 Å². The number of hydrogen-bond acceptors (Lipinski definition) is 5. The quantitative estimate of drug-likeness (QED) is 0.800. The van der Waals surface area contributed by atoms with E-state index in [-0.39, 0.29) is 6.42 Å². The molecule has 0 saturated carbocycles. The Morgan fingerprint density at radius 3 is 2.80 bits per heavy atom. The van der Waals surface area contributed by atoms with Crippen LogP contribution in [0.1, 0.15) is 12.6 Å². The molecular weight excluding hydrogens is 285 g/mol. The second-order valence-electron chi connectivity index (χ2n) is 4.21. The Morgan fingerprint density at radius 2 is 2.20 bits per heavy atom. The van der Waals surface area contributed by atoms with Gasteiger partial charge in [0.1, 0.15) is 12.3 Å². The molecule has 10 heteroatoms. The SMILES string of the molecule is O=c1ccn([C@@H]2CC(O)[C@H](COC(F)(F)F)O2)c(=O)[nH]1. The number of aliphatic hydroxyl groups excluding tert-OH is 1. The molecule has 1 aliphatic rings. The monoisotopic (exact) mass is 296 g/mol. The molecule has 0 amide bonds. The van der Waals surface area contributed by atoms with Crippen molar-refractivity contribution in [2.45, 2.75) is 31.2 Å². The van der Waals surface area contributed by atoms with Crippen LogP contribution in [0.5, 0.6) is 0 Å². The van der Waals surface area contributed by atoms with Gasteiger partial charge in [0.05, 0.1) is 12.7 Å². The van der Waals surface area contributed by atoms with Crippen LogP contribution in [-0.2, 0) is 9.47 Å². The van der Waals surface area contributed by atoms with Crippen LogP contribution in [0.25, 0.3) is 0 Å². The summed E-state index contributed by atoms with van der Waals surface area (Å²) in [6, 6.07) is 1.07. The zero-order chi connectivity index (χ0) is 14.9. The minimum Gasteiger partial charge on any atom is -0.390 e. The largest absolute Gasteiger partial charge is 0.522 e. The molecule has 20 heavy (non-hydrogen) atoms. The van der Waals surface area contributed by atoms with E-state index < -0.39 is 42.7 Å². The molecule has 1 fully saturated rings. The number of aromatic amines is 1. The minimum absolute atomic E-state index is 0.0855. The van der Waals surface area contributed by atoms with Gasteiger partial charge in [-0.05, 0) is 0 Å². The number of aliphatic hydroxyl groups is 1. The summed E-state index contributed by atoms with van der Waals surface area (Å²) in [4.78, 5) is 24.4. The lowest BCUT2D eigenvalue weighted by molar-refractivity contribution is -0.333. The molecule has 2 N–H and O–H groups in total. The first kappa shape index (κ1) is 14.8. The first-order valence-electron chi connectivity index (χ1n) is 5.62. The van der Waals surface area contributed by atoms with Gasteiger partial charge in [0.15, 0.2) is 0 Å². The molecule has 112 valence electrons. The van der Waals surface area contributed by atoms with Crippen LogP contribution in [0.4, 0.5) is 13.2 Å². The van der Waals surface area contributed by atoms with E-state index in [1.807, 2.05) is 4.98 Å². The van der Waals surface area contributed by atoms with Gasteiger partial charge >= 0.3 is 12.1 Å². The van der Waals surface area contributed by atoms with Crippen molar-refractivity contribution in [2.24, 2.45) is 0 Å². The average Bonchev–Trinajstić information content (AvgIpc) is 2.67. The third kappa shape index (κ3) is 3.46. The lowest BCUT2D eigenvalue weighted by Gasteiger charge is -2.16. The van der Waals surface area contributed by atoms with E-state index >= 15 is 0 Å². The number of aromatic nitrogens is 2. The van der Waals surface area contributed by atoms with Crippen molar-refractivity contribution in [1.82, 2.24) is 9.55 Å². The molecule has 0 aliphatic carbocycles. The lowest BCUT2D eigenvalue weighted by atomic mass is 10.2. The van der Waals surface area contributed by atoms with Crippen LogP contribution in [0.3, 0.4) is 0 Å². The first-order chi connectivity index (χ1) is 9.26. The summed E-state index contributed by atoms with van der Waals surface area (Å²) in [5.41, 5.74) is -1.38. The summed E-state index contributed by atoms with van der Waals surface area (Å²) in [6.45, 7) is -0.876. The van der Waals surface area contributed by atoms with Crippen LogP contribution < -0.4 is 11.2 Å². The van der Waals surface area contributed by atoms with Crippen LogP contribution in [0.15, 0.2) is 21.9 Å². The summed E-state index contributed by atoms with van der Waals surface area (Å²) in [7, 11) is 0. The van der Waals surface area contributed by atoms with E-state index in [9.17, 15) is 27.9 Å². The Bertz CT molecular complexity index is 581. The molecule has 1 aromatic heterocycles. The molecular formula is C10H11F3N2O5. The van der Waals surface area contributed by atoms with E-state index in [2.05, 4.69) is 4.74 Å². The molecule has 1 aromatic rings. The van der Waals surface area contributed by atoms with E-state index in [4.69, 9.17) is 4.74 Å². The normalized spacial score (nSPS) is 26.9. The second-order valence-corrected chi connectivity index (χ2v) is 4.21. The Hall–Kier alpha value is -1.65. The molecule has 0 aromatic carbocycles. The molecule has 0 radical (unpaired) electrons. The number of hydrogen-bond donors (Lipinski definition) is 2. The molecule has 0 bridgehead atoms. The molecule has 1 unspecified atom stereocenters. The fraction of sp³-hybridized carbons (Fsp3) is 0.600. The fourth-order valence-electron chi connectivity index (χ4n) is 1.87. The molecule has 0 spiro atoms. The maximum Gasteiger partial charge on any atom is 0.522 e. The minimum atomic E-state index is -4.82. The number of nitrogens with one attached hydrogen (secondary N) is 1. The molecule has 3 atom stereocenters. The summed E-state index contributed by atoms with van der Waals surface area (Å²) in [6.07, 6.45) is -7.14. The predicted molar refractivity (Wildman–Crippen MR) is 57.9 cm³/mol. The third-order valence-electron chi connectivity index (χ3n) is 2.78. The zero-order valence-electron chi connectivity index (χ0n) is 9.96. The average molecular weight is 296 g/mol. The van der Waals surface area contributed by atoms with Crippen molar-refractivity contribution in [2.75, 3.05) is 6.61 Å². The van der Waals surface area contributed by atoms with Gasteiger partial charge in [-0.15, -0.1) is 13.2 Å². The van der Waals surface area contributed by atoms with Gasteiger partial charge in [-0.3, -0.25) is 19.1 Å². The number of H-pyrrole nitrogens is 1. The van der Waals surface area contributed by atoms with Crippen LogP contribution in [0, 0.1) is 0 Å². The summed E-state index contributed by atoms with van der Waals surface area (Å²) < 4.78 is 45.4. The zero-order valence-corrected chi connectivity index (χ0v) is 9.96. The molecule has 2 rings (SSSR count). The Kier molecular flexibility index (Phi) is 3.97. The van der Waals surface area contributed by atoms with Crippen molar-refractivity contribution >= 4 is 0 Å². The third-order valence-corrected chi connectivity index (χ3v) is 2.78. The van der Waals surface area contributed by atoms with Crippen molar-refractivity contribution in [3.63, 3.8) is 0 Å². The number of nitrogens with zero attached hydrogens (tertiary/aromatic N) is 1. The smallest absolute Gasteiger partial charge is 0.390 e. The van der Waals surface area contributed by atoms with Gasteiger partial charge in [0.25, 0.3) is 5.56 Å². The van der Waals surface area contributed by atoms with Crippen LogP contribution >= 0.6 is 0 Å². The lowest BCUT2D eigenvalue weighted by Crippen LogP contribution is -2.32. The van der Waals surface area contributed by atoms with Gasteiger partial charge < -0.3 is 9.84 Å². The highest BCUT2D eigenvalue weighted by atomic mass is 19.4. The summed E-state index contributed by atoms with van der Waals surface area (Å²) in [5.74, 6) is 0. The number of alkyl halides is 3. The van der Waals surface area contributed by atoms with E-state index in [0.29, 0.717) is 0 Å². The van der Waals surface area contributed by atoms with Crippen LogP contribution in [0.2, 0.25) is 0 Å². The highest BCUT2D eigenvalue weighted by Gasteiger charge is 2.39. The Balaban J connectivity index is 2.06. The predicted octanol–water partition coefficient (Wildman–Crippen LogP) is -0.279. The van der Waals surface area contributed by atoms with Gasteiger partial charge in [0, 0.05) is 18.7 Å². The summed E-state index contributed by atoms with van der Waals surface area (Å²) in [5, 5.41) is 9.60.